The summed E-state index contributed by atoms with van der Waals surface area (Å²) >= 11 is 0. The number of hydrogen-bond donors (Lipinski definition) is 0. The fraction of sp³-hybridized carbons (Fsp3) is 0.643. The SMILES string of the molecule is CN(C)C(N1C(=O)[C@H]2[C@H](C1=O)[C@H]1C=C[C@H]2C1)=[N+](C)C. The van der Waals surface area contributed by atoms with Crippen LogP contribution < -0.4 is 0 Å². The third-order valence-corrected chi connectivity index (χ3v) is 4.47. The summed E-state index contributed by atoms with van der Waals surface area (Å²) < 4.78 is 1.83. The number of fused-ring (bicyclic) bond motifs is 5. The molecule has 2 bridgehead atoms. The fourth-order valence-electron chi connectivity index (χ4n) is 3.90. The summed E-state index contributed by atoms with van der Waals surface area (Å²) in [4.78, 5) is 28.5. The van der Waals surface area contributed by atoms with Crippen LogP contribution in [0.2, 0.25) is 0 Å². The standard InChI is InChI=1S/C14H20N3O2/c1-15(2)14(16(3)4)17-12(18)10-8-5-6-9(7-8)11(10)13(17)19/h5-6,8-11H,7H2,1-4H3/q+1/t8-,9-,10+,11+/m0/s1. The maximum absolute atomic E-state index is 12.6. The minimum atomic E-state index is -0.127. The van der Waals surface area contributed by atoms with Crippen LogP contribution in [0.5, 0.6) is 0 Å². The molecule has 1 saturated heterocycles. The number of nitrogens with zero attached hydrogens (tertiary/aromatic N) is 3. The Bertz CT molecular complexity index is 487. The van der Waals surface area contributed by atoms with Gasteiger partial charge in [-0.3, -0.25) is 19.1 Å². The minimum Gasteiger partial charge on any atom is -0.269 e. The summed E-state index contributed by atoms with van der Waals surface area (Å²) in [5.74, 6) is 0.885. The Morgan fingerprint density at radius 3 is 2.00 bits per heavy atom. The molecule has 0 aromatic rings. The maximum Gasteiger partial charge on any atom is 0.364 e. The first-order valence-corrected chi connectivity index (χ1v) is 6.71. The van der Waals surface area contributed by atoms with Gasteiger partial charge in [0.05, 0.1) is 40.0 Å². The molecular weight excluding hydrogens is 242 g/mol. The van der Waals surface area contributed by atoms with Gasteiger partial charge in [0.15, 0.2) is 0 Å². The van der Waals surface area contributed by atoms with Crippen LogP contribution >= 0.6 is 0 Å². The van der Waals surface area contributed by atoms with Crippen LogP contribution in [0.25, 0.3) is 0 Å². The van der Waals surface area contributed by atoms with Crippen molar-refractivity contribution in [1.29, 1.82) is 0 Å². The average Bonchev–Trinajstić information content (AvgIpc) is 2.97. The van der Waals surface area contributed by atoms with Crippen LogP contribution in [0.4, 0.5) is 0 Å². The van der Waals surface area contributed by atoms with Crippen LogP contribution in [0, 0.1) is 23.7 Å². The molecule has 0 aromatic carbocycles. The lowest BCUT2D eigenvalue weighted by Gasteiger charge is -2.19. The molecular formula is C14H20N3O2+. The number of imide groups is 1. The second kappa shape index (κ2) is 3.92. The molecule has 2 fully saturated rings. The molecule has 0 radical (unpaired) electrons. The first kappa shape index (κ1) is 12.4. The maximum atomic E-state index is 12.6. The molecule has 0 spiro atoms. The number of allylic oxidation sites excluding steroid dienone is 2. The largest absolute Gasteiger partial charge is 0.364 e. The molecule has 2 amide bonds. The van der Waals surface area contributed by atoms with Gasteiger partial charge >= 0.3 is 5.96 Å². The quantitative estimate of drug-likeness (QED) is 0.203. The molecule has 0 unspecified atom stereocenters. The van der Waals surface area contributed by atoms with Crippen molar-refractivity contribution in [2.75, 3.05) is 28.2 Å². The third-order valence-electron chi connectivity index (χ3n) is 4.47. The summed E-state index contributed by atoms with van der Waals surface area (Å²) in [6.45, 7) is 0. The molecule has 0 aromatic heterocycles. The van der Waals surface area contributed by atoms with Gasteiger partial charge < -0.3 is 0 Å². The van der Waals surface area contributed by atoms with Crippen molar-refractivity contribution in [1.82, 2.24) is 9.80 Å². The monoisotopic (exact) mass is 262 g/mol. The molecule has 3 rings (SSSR count). The number of likely N-dealkylation sites (tertiary alicyclic amines) is 1. The Kier molecular flexibility index (Phi) is 2.56. The van der Waals surface area contributed by atoms with Crippen molar-refractivity contribution in [3.8, 4) is 0 Å². The number of amides is 2. The third kappa shape index (κ3) is 1.50. The van der Waals surface area contributed by atoms with E-state index in [9.17, 15) is 9.59 Å². The van der Waals surface area contributed by atoms with Crippen LogP contribution in [0.15, 0.2) is 12.2 Å². The van der Waals surface area contributed by atoms with E-state index in [-0.39, 0.29) is 35.5 Å². The number of hydrogen-bond acceptors (Lipinski definition) is 2. The second-order valence-corrected chi connectivity index (χ2v) is 6.10. The molecule has 5 heteroatoms. The predicted molar refractivity (Wildman–Crippen MR) is 70.4 cm³/mol. The molecule has 1 aliphatic heterocycles. The molecule has 19 heavy (non-hydrogen) atoms. The molecule has 2 aliphatic carbocycles. The van der Waals surface area contributed by atoms with E-state index in [4.69, 9.17) is 0 Å². The van der Waals surface area contributed by atoms with Crippen molar-refractivity contribution < 1.29 is 14.2 Å². The van der Waals surface area contributed by atoms with E-state index in [0.717, 1.165) is 6.42 Å². The Morgan fingerprint density at radius 1 is 1.16 bits per heavy atom. The summed E-state index contributed by atoms with van der Waals surface area (Å²) in [6.07, 6.45) is 5.21. The fourth-order valence-corrected chi connectivity index (χ4v) is 3.90. The van der Waals surface area contributed by atoms with E-state index in [1.54, 1.807) is 0 Å². The highest BCUT2D eigenvalue weighted by Crippen LogP contribution is 2.52. The van der Waals surface area contributed by atoms with Crippen molar-refractivity contribution >= 4 is 17.8 Å². The first-order valence-electron chi connectivity index (χ1n) is 6.71. The Morgan fingerprint density at radius 2 is 1.63 bits per heavy atom. The Hall–Kier alpha value is -1.65. The second-order valence-electron chi connectivity index (χ2n) is 6.10. The highest BCUT2D eigenvalue weighted by molar-refractivity contribution is 6.17. The van der Waals surface area contributed by atoms with Crippen molar-refractivity contribution in [2.24, 2.45) is 23.7 Å². The van der Waals surface area contributed by atoms with E-state index in [2.05, 4.69) is 12.2 Å². The smallest absolute Gasteiger partial charge is 0.269 e. The van der Waals surface area contributed by atoms with Gasteiger partial charge in [-0.1, -0.05) is 12.2 Å². The lowest BCUT2D eigenvalue weighted by Crippen LogP contribution is -2.49. The van der Waals surface area contributed by atoms with E-state index >= 15 is 0 Å². The molecule has 0 N–H and O–H groups in total. The number of carbonyl (C=O) groups excluding carboxylic acids is 2. The zero-order chi connectivity index (χ0) is 13.9. The van der Waals surface area contributed by atoms with Gasteiger partial charge in [-0.15, -0.1) is 4.90 Å². The number of guanidine groups is 1. The molecule has 5 nitrogen and oxygen atoms in total. The number of carbonyl (C=O) groups is 2. The molecule has 3 aliphatic rings. The predicted octanol–water partition coefficient (Wildman–Crippen LogP) is -0.0168. The van der Waals surface area contributed by atoms with Crippen molar-refractivity contribution in [3.63, 3.8) is 0 Å². The first-order chi connectivity index (χ1) is 8.93. The molecule has 1 heterocycles. The summed E-state index contributed by atoms with van der Waals surface area (Å²) in [5.41, 5.74) is 0. The summed E-state index contributed by atoms with van der Waals surface area (Å²) in [6, 6.07) is 0. The van der Waals surface area contributed by atoms with Crippen molar-refractivity contribution in [2.45, 2.75) is 6.42 Å². The summed E-state index contributed by atoms with van der Waals surface area (Å²) in [5, 5.41) is 0. The Labute approximate surface area is 113 Å². The average molecular weight is 262 g/mol. The van der Waals surface area contributed by atoms with E-state index < -0.39 is 0 Å². The van der Waals surface area contributed by atoms with Crippen LogP contribution in [0.3, 0.4) is 0 Å². The van der Waals surface area contributed by atoms with Gasteiger partial charge in [0.1, 0.15) is 0 Å². The lowest BCUT2D eigenvalue weighted by molar-refractivity contribution is -0.474. The van der Waals surface area contributed by atoms with Gasteiger partial charge in [0.2, 0.25) is 0 Å². The summed E-state index contributed by atoms with van der Waals surface area (Å²) in [7, 11) is 7.43. The zero-order valence-corrected chi connectivity index (χ0v) is 11.8. The Balaban J connectivity index is 2.01. The van der Waals surface area contributed by atoms with Crippen molar-refractivity contribution in [3.05, 3.63) is 12.2 Å². The van der Waals surface area contributed by atoms with Gasteiger partial charge in [-0.2, -0.15) is 0 Å². The van der Waals surface area contributed by atoms with Crippen LogP contribution in [-0.2, 0) is 9.59 Å². The number of rotatable bonds is 0. The van der Waals surface area contributed by atoms with Gasteiger partial charge in [0.25, 0.3) is 11.8 Å². The lowest BCUT2D eigenvalue weighted by atomic mass is 9.85. The highest BCUT2D eigenvalue weighted by Gasteiger charge is 2.63. The van der Waals surface area contributed by atoms with Crippen LogP contribution in [0.1, 0.15) is 6.42 Å². The van der Waals surface area contributed by atoms with Gasteiger partial charge in [-0.25, -0.2) is 0 Å². The van der Waals surface area contributed by atoms with Gasteiger partial charge in [0, 0.05) is 0 Å². The van der Waals surface area contributed by atoms with Crippen LogP contribution in [-0.4, -0.2) is 60.3 Å². The highest BCUT2D eigenvalue weighted by atomic mass is 16.2. The normalized spacial score (nSPS) is 35.1. The molecule has 4 atom stereocenters. The van der Waals surface area contributed by atoms with Gasteiger partial charge in [-0.05, 0) is 18.3 Å². The van der Waals surface area contributed by atoms with E-state index in [0.29, 0.717) is 5.96 Å². The van der Waals surface area contributed by atoms with E-state index in [1.165, 1.54) is 4.90 Å². The minimum absolute atomic E-state index is 0.0238. The zero-order valence-electron chi connectivity index (χ0n) is 11.8. The van der Waals surface area contributed by atoms with E-state index in [1.807, 2.05) is 37.7 Å². The molecule has 102 valence electrons. The topological polar surface area (TPSA) is 43.6 Å². The molecule has 1 saturated carbocycles.